The average molecular weight is 363 g/mol. The number of rotatable bonds is 4. The van der Waals surface area contributed by atoms with Crippen LogP contribution in [0.3, 0.4) is 0 Å². The van der Waals surface area contributed by atoms with Crippen molar-refractivity contribution in [1.29, 1.82) is 0 Å². The highest BCUT2D eigenvalue weighted by atomic mass is 79.9. The highest BCUT2D eigenvalue weighted by Gasteiger charge is 2.25. The van der Waals surface area contributed by atoms with E-state index >= 15 is 0 Å². The first kappa shape index (κ1) is 14.4. The Kier molecular flexibility index (Phi) is 4.19. The fourth-order valence-electron chi connectivity index (χ4n) is 1.41. The average Bonchev–Trinajstić information content (AvgIpc) is 2.79. The number of nitrogens with two attached hydrogens (primary N) is 1. The lowest BCUT2D eigenvalue weighted by atomic mass is 10.2. The molecule has 1 heterocycles. The van der Waals surface area contributed by atoms with Crippen molar-refractivity contribution in [2.24, 2.45) is 0 Å². The zero-order valence-electron chi connectivity index (χ0n) is 9.95. The minimum Gasteiger partial charge on any atom is -0.374 e. The van der Waals surface area contributed by atoms with Gasteiger partial charge in [0.15, 0.2) is 0 Å². The number of hydrogen-bond donors (Lipinski definition) is 1. The topological polar surface area (TPSA) is 89.2 Å². The minimum atomic E-state index is -3.66. The van der Waals surface area contributed by atoms with E-state index in [9.17, 15) is 8.42 Å². The molecule has 1 aromatic heterocycles. The standard InChI is InChI=1S/C10H11BrN4O2S2/c1-15(6-7-4-2-3-5-8(7)11)19(16,17)10-14-13-9(12)18-10/h2-5H,6H2,1H3,(H2,12,13). The second kappa shape index (κ2) is 5.53. The molecule has 102 valence electrons. The van der Waals surface area contributed by atoms with Crippen LogP contribution in [0.25, 0.3) is 0 Å². The van der Waals surface area contributed by atoms with E-state index in [1.54, 1.807) is 0 Å². The van der Waals surface area contributed by atoms with Gasteiger partial charge in [-0.05, 0) is 11.6 Å². The fourth-order valence-corrected chi connectivity index (χ4v) is 3.94. The molecule has 0 aliphatic rings. The second-order valence-corrected chi connectivity index (χ2v) is 7.84. The Hall–Kier alpha value is -1.03. The van der Waals surface area contributed by atoms with Gasteiger partial charge in [-0.25, -0.2) is 8.42 Å². The molecule has 0 saturated heterocycles. The van der Waals surface area contributed by atoms with Gasteiger partial charge in [-0.15, -0.1) is 10.2 Å². The number of nitrogens with zero attached hydrogens (tertiary/aromatic N) is 3. The summed E-state index contributed by atoms with van der Waals surface area (Å²) in [7, 11) is -2.16. The molecule has 0 radical (unpaired) electrons. The molecule has 0 aliphatic heterocycles. The van der Waals surface area contributed by atoms with Crippen LogP contribution >= 0.6 is 27.3 Å². The maximum absolute atomic E-state index is 12.2. The van der Waals surface area contributed by atoms with Crippen LogP contribution in [0.15, 0.2) is 33.1 Å². The smallest absolute Gasteiger partial charge is 0.272 e. The molecule has 19 heavy (non-hydrogen) atoms. The highest BCUT2D eigenvalue weighted by Crippen LogP contribution is 2.23. The summed E-state index contributed by atoms with van der Waals surface area (Å²) in [6.45, 7) is 0.239. The molecule has 0 atom stereocenters. The van der Waals surface area contributed by atoms with Crippen molar-refractivity contribution in [3.8, 4) is 0 Å². The van der Waals surface area contributed by atoms with Crippen molar-refractivity contribution in [1.82, 2.24) is 14.5 Å². The molecule has 0 saturated carbocycles. The van der Waals surface area contributed by atoms with E-state index in [1.807, 2.05) is 24.3 Å². The molecule has 2 aromatic rings. The van der Waals surface area contributed by atoms with E-state index in [4.69, 9.17) is 5.73 Å². The molecule has 2 rings (SSSR count). The van der Waals surface area contributed by atoms with E-state index in [0.29, 0.717) is 0 Å². The Morgan fingerprint density at radius 3 is 2.63 bits per heavy atom. The molecule has 0 aliphatic carbocycles. The lowest BCUT2D eigenvalue weighted by Gasteiger charge is -2.15. The SMILES string of the molecule is CN(Cc1ccccc1Br)S(=O)(=O)c1nnc(N)s1. The van der Waals surface area contributed by atoms with Gasteiger partial charge < -0.3 is 5.73 Å². The van der Waals surface area contributed by atoms with Crippen molar-refractivity contribution >= 4 is 42.4 Å². The van der Waals surface area contributed by atoms with E-state index in [-0.39, 0.29) is 16.0 Å². The lowest BCUT2D eigenvalue weighted by molar-refractivity contribution is 0.465. The van der Waals surface area contributed by atoms with Gasteiger partial charge >= 0.3 is 0 Å². The van der Waals surface area contributed by atoms with Crippen molar-refractivity contribution < 1.29 is 8.42 Å². The first-order valence-corrected chi connectivity index (χ1v) is 8.25. The zero-order valence-corrected chi connectivity index (χ0v) is 13.2. The molecule has 0 fully saturated rings. The van der Waals surface area contributed by atoms with Gasteiger partial charge in [-0.3, -0.25) is 0 Å². The summed E-state index contributed by atoms with van der Waals surface area (Å²) in [5.74, 6) is 0. The Balaban J connectivity index is 2.25. The maximum atomic E-state index is 12.2. The fraction of sp³-hybridized carbons (Fsp3) is 0.200. The number of nitrogen functional groups attached to an aromatic ring is 1. The quantitative estimate of drug-likeness (QED) is 0.893. The van der Waals surface area contributed by atoms with Gasteiger partial charge in [-0.1, -0.05) is 45.5 Å². The van der Waals surface area contributed by atoms with Crippen LogP contribution in [0.2, 0.25) is 0 Å². The molecule has 0 spiro atoms. The minimum absolute atomic E-state index is 0.0976. The van der Waals surface area contributed by atoms with Gasteiger partial charge in [0.2, 0.25) is 9.47 Å². The Labute approximate surface area is 123 Å². The Morgan fingerprint density at radius 2 is 2.05 bits per heavy atom. The van der Waals surface area contributed by atoms with Crippen LogP contribution in [-0.4, -0.2) is 30.0 Å². The van der Waals surface area contributed by atoms with Crippen LogP contribution < -0.4 is 5.73 Å². The number of benzene rings is 1. The number of sulfonamides is 1. The maximum Gasteiger partial charge on any atom is 0.272 e. The van der Waals surface area contributed by atoms with Crippen molar-refractivity contribution in [3.05, 3.63) is 34.3 Å². The molecule has 0 amide bonds. The van der Waals surface area contributed by atoms with Crippen LogP contribution in [0, 0.1) is 0 Å². The van der Waals surface area contributed by atoms with Gasteiger partial charge in [0.1, 0.15) is 0 Å². The molecule has 9 heteroatoms. The highest BCUT2D eigenvalue weighted by molar-refractivity contribution is 9.10. The largest absolute Gasteiger partial charge is 0.374 e. The first-order chi connectivity index (χ1) is 8.91. The summed E-state index contributed by atoms with van der Waals surface area (Å²) in [4.78, 5) is 0. The van der Waals surface area contributed by atoms with Crippen LogP contribution in [0.4, 0.5) is 5.13 Å². The second-order valence-electron chi connectivity index (χ2n) is 3.76. The number of anilines is 1. The predicted molar refractivity (Wildman–Crippen MR) is 77.1 cm³/mol. The van der Waals surface area contributed by atoms with E-state index < -0.39 is 10.0 Å². The van der Waals surface area contributed by atoms with Crippen LogP contribution in [-0.2, 0) is 16.6 Å². The predicted octanol–water partition coefficient (Wildman–Crippen LogP) is 1.70. The third kappa shape index (κ3) is 3.11. The van der Waals surface area contributed by atoms with Gasteiger partial charge in [0, 0.05) is 18.1 Å². The lowest BCUT2D eigenvalue weighted by Crippen LogP contribution is -2.26. The normalized spacial score (nSPS) is 11.9. The van der Waals surface area contributed by atoms with Crippen LogP contribution in [0.5, 0.6) is 0 Å². The summed E-state index contributed by atoms with van der Waals surface area (Å²) in [5, 5.41) is 7.23. The number of hydrogen-bond acceptors (Lipinski definition) is 6. The molecule has 2 N–H and O–H groups in total. The monoisotopic (exact) mass is 362 g/mol. The molecular weight excluding hydrogens is 352 g/mol. The number of halogens is 1. The zero-order chi connectivity index (χ0) is 14.0. The summed E-state index contributed by atoms with van der Waals surface area (Å²) in [6.07, 6.45) is 0. The van der Waals surface area contributed by atoms with Crippen molar-refractivity contribution in [2.75, 3.05) is 12.8 Å². The molecule has 0 unspecified atom stereocenters. The summed E-state index contributed by atoms with van der Waals surface area (Å²) >= 11 is 4.24. The van der Waals surface area contributed by atoms with Gasteiger partial charge in [0.25, 0.3) is 10.0 Å². The number of aromatic nitrogens is 2. The Bertz CT molecular complexity index is 686. The van der Waals surface area contributed by atoms with Crippen molar-refractivity contribution in [3.63, 3.8) is 0 Å². The summed E-state index contributed by atoms with van der Waals surface area (Å²) in [5.41, 5.74) is 6.27. The van der Waals surface area contributed by atoms with E-state index in [1.165, 1.54) is 11.4 Å². The van der Waals surface area contributed by atoms with Crippen LogP contribution in [0.1, 0.15) is 5.56 Å². The summed E-state index contributed by atoms with van der Waals surface area (Å²) < 4.78 is 26.4. The van der Waals surface area contributed by atoms with Gasteiger partial charge in [-0.2, -0.15) is 4.31 Å². The molecule has 6 nitrogen and oxygen atoms in total. The molecular formula is C10H11BrN4O2S2. The van der Waals surface area contributed by atoms with E-state index in [0.717, 1.165) is 21.4 Å². The van der Waals surface area contributed by atoms with E-state index in [2.05, 4.69) is 26.1 Å². The third-order valence-electron chi connectivity index (χ3n) is 2.40. The first-order valence-electron chi connectivity index (χ1n) is 5.20. The summed E-state index contributed by atoms with van der Waals surface area (Å²) in [6, 6.07) is 7.43. The molecule has 1 aromatic carbocycles. The van der Waals surface area contributed by atoms with Crippen molar-refractivity contribution in [2.45, 2.75) is 10.9 Å². The van der Waals surface area contributed by atoms with Gasteiger partial charge in [0.05, 0.1) is 0 Å². The Morgan fingerprint density at radius 1 is 1.37 bits per heavy atom. The molecule has 0 bridgehead atoms. The third-order valence-corrected chi connectivity index (χ3v) is 6.08.